The van der Waals surface area contributed by atoms with Gasteiger partial charge in [-0.05, 0) is 13.0 Å². The third-order valence-corrected chi connectivity index (χ3v) is 2.96. The molecular formula is C13H15N3O3. The van der Waals surface area contributed by atoms with E-state index in [1.54, 1.807) is 12.1 Å². The zero-order valence-electron chi connectivity index (χ0n) is 11.1. The lowest BCUT2D eigenvalue weighted by Crippen LogP contribution is -2.34. The zero-order chi connectivity index (χ0) is 14.0. The molecule has 6 heteroatoms. The Hall–Kier alpha value is -2.21. The Morgan fingerprint density at radius 1 is 1.37 bits per heavy atom. The van der Waals surface area contributed by atoms with Crippen LogP contribution < -0.4 is 5.56 Å². The summed E-state index contributed by atoms with van der Waals surface area (Å²) in [5, 5.41) is 6.59. The minimum Gasteiger partial charge on any atom is -0.275 e. The van der Waals surface area contributed by atoms with Crippen molar-refractivity contribution in [2.45, 2.75) is 13.5 Å². The van der Waals surface area contributed by atoms with E-state index in [0.717, 1.165) is 15.1 Å². The summed E-state index contributed by atoms with van der Waals surface area (Å²) in [4.78, 5) is 28.7. The highest BCUT2D eigenvalue weighted by molar-refractivity contribution is 5.83. The Morgan fingerprint density at radius 2 is 2.00 bits per heavy atom. The fourth-order valence-electron chi connectivity index (χ4n) is 1.84. The predicted molar refractivity (Wildman–Crippen MR) is 70.5 cm³/mol. The van der Waals surface area contributed by atoms with E-state index in [-0.39, 0.29) is 18.0 Å². The van der Waals surface area contributed by atoms with Gasteiger partial charge in [-0.2, -0.15) is 5.10 Å². The van der Waals surface area contributed by atoms with Crippen LogP contribution in [0.2, 0.25) is 0 Å². The van der Waals surface area contributed by atoms with Crippen LogP contribution in [0.5, 0.6) is 0 Å². The molecule has 19 heavy (non-hydrogen) atoms. The average Bonchev–Trinajstić information content (AvgIpc) is 2.43. The Balaban J connectivity index is 2.48. The molecule has 0 fully saturated rings. The highest BCUT2D eigenvalue weighted by atomic mass is 16.7. The number of fused-ring (bicyclic) bond motifs is 1. The van der Waals surface area contributed by atoms with Crippen LogP contribution in [0.1, 0.15) is 5.69 Å². The van der Waals surface area contributed by atoms with E-state index in [0.29, 0.717) is 11.1 Å². The first-order valence-corrected chi connectivity index (χ1v) is 5.81. The second-order valence-electron chi connectivity index (χ2n) is 4.17. The van der Waals surface area contributed by atoms with Crippen molar-refractivity contribution in [2.24, 2.45) is 0 Å². The molecule has 2 aromatic rings. The molecular weight excluding hydrogens is 246 g/mol. The second-order valence-corrected chi connectivity index (χ2v) is 4.17. The molecule has 2 rings (SSSR count). The number of aromatic nitrogens is 2. The molecule has 1 heterocycles. The number of rotatable bonds is 3. The molecule has 0 atom stereocenters. The van der Waals surface area contributed by atoms with Crippen LogP contribution in [-0.2, 0) is 16.2 Å². The quantitative estimate of drug-likeness (QED) is 0.764. The topological polar surface area (TPSA) is 64.4 Å². The minimum absolute atomic E-state index is 0.144. The van der Waals surface area contributed by atoms with Gasteiger partial charge in [0.15, 0.2) is 0 Å². The van der Waals surface area contributed by atoms with Crippen molar-refractivity contribution < 1.29 is 9.63 Å². The van der Waals surface area contributed by atoms with E-state index >= 15 is 0 Å². The molecule has 1 amide bonds. The van der Waals surface area contributed by atoms with E-state index in [1.165, 1.54) is 14.2 Å². The number of carbonyl (C=O) groups excluding carboxylic acids is 1. The number of amides is 1. The van der Waals surface area contributed by atoms with Crippen molar-refractivity contribution in [3.05, 3.63) is 40.3 Å². The van der Waals surface area contributed by atoms with Gasteiger partial charge in [0.25, 0.3) is 11.5 Å². The van der Waals surface area contributed by atoms with Gasteiger partial charge < -0.3 is 0 Å². The van der Waals surface area contributed by atoms with Crippen LogP contribution in [0.3, 0.4) is 0 Å². The Labute approximate surface area is 110 Å². The smallest absolute Gasteiger partial charge is 0.275 e. The maximum Gasteiger partial charge on any atom is 0.275 e. The normalized spacial score (nSPS) is 10.7. The summed E-state index contributed by atoms with van der Waals surface area (Å²) in [6.07, 6.45) is 0. The van der Waals surface area contributed by atoms with Gasteiger partial charge >= 0.3 is 0 Å². The third-order valence-electron chi connectivity index (χ3n) is 2.96. The molecule has 0 aliphatic heterocycles. The monoisotopic (exact) mass is 261 g/mol. The van der Waals surface area contributed by atoms with Crippen LogP contribution in [0.4, 0.5) is 0 Å². The molecule has 1 aromatic heterocycles. The van der Waals surface area contributed by atoms with Crippen molar-refractivity contribution in [3.63, 3.8) is 0 Å². The molecule has 100 valence electrons. The number of aryl methyl sites for hydroxylation is 1. The average molecular weight is 261 g/mol. The summed E-state index contributed by atoms with van der Waals surface area (Å²) < 4.78 is 1.16. The summed E-state index contributed by atoms with van der Waals surface area (Å²) >= 11 is 0. The number of hydrogen-bond donors (Lipinski definition) is 0. The zero-order valence-corrected chi connectivity index (χ0v) is 11.1. The van der Waals surface area contributed by atoms with Crippen LogP contribution in [-0.4, -0.2) is 34.9 Å². The third kappa shape index (κ3) is 2.48. The second kappa shape index (κ2) is 5.19. The SMILES string of the molecule is CON(C)C(=O)Cn1nc(C)c2ccccc2c1=O. The molecule has 0 spiro atoms. The first-order valence-electron chi connectivity index (χ1n) is 5.81. The fraction of sp³-hybridized carbons (Fsp3) is 0.308. The van der Waals surface area contributed by atoms with Gasteiger partial charge in [-0.1, -0.05) is 18.2 Å². The Bertz CT molecular complexity index is 678. The number of benzene rings is 1. The number of carbonyl (C=O) groups is 1. The predicted octanol–water partition coefficient (Wildman–Crippen LogP) is 0.725. The maximum atomic E-state index is 12.2. The maximum absolute atomic E-state index is 12.2. The van der Waals surface area contributed by atoms with Gasteiger partial charge in [0, 0.05) is 12.4 Å². The summed E-state index contributed by atoms with van der Waals surface area (Å²) in [5.41, 5.74) is 0.433. The van der Waals surface area contributed by atoms with Crippen LogP contribution in [0.25, 0.3) is 10.8 Å². The summed E-state index contributed by atoms with van der Waals surface area (Å²) in [5.74, 6) is -0.341. The van der Waals surface area contributed by atoms with Gasteiger partial charge in [0.1, 0.15) is 6.54 Å². The molecule has 1 aromatic carbocycles. The Kier molecular flexibility index (Phi) is 3.62. The largest absolute Gasteiger partial charge is 0.275 e. The van der Waals surface area contributed by atoms with Gasteiger partial charge in [0.2, 0.25) is 0 Å². The lowest BCUT2D eigenvalue weighted by Gasteiger charge is -2.14. The van der Waals surface area contributed by atoms with Crippen molar-refractivity contribution in [3.8, 4) is 0 Å². The first-order chi connectivity index (χ1) is 9.04. The highest BCUT2D eigenvalue weighted by Crippen LogP contribution is 2.11. The Morgan fingerprint density at radius 3 is 2.63 bits per heavy atom. The lowest BCUT2D eigenvalue weighted by atomic mass is 10.1. The van der Waals surface area contributed by atoms with Crippen LogP contribution in [0, 0.1) is 6.92 Å². The lowest BCUT2D eigenvalue weighted by molar-refractivity contribution is -0.169. The molecule has 0 saturated carbocycles. The number of hydrogen-bond acceptors (Lipinski definition) is 4. The van der Waals surface area contributed by atoms with E-state index in [4.69, 9.17) is 4.84 Å². The summed E-state index contributed by atoms with van der Waals surface area (Å²) in [7, 11) is 2.88. The van der Waals surface area contributed by atoms with Gasteiger partial charge in [-0.3, -0.25) is 14.4 Å². The van der Waals surface area contributed by atoms with Crippen molar-refractivity contribution in [2.75, 3.05) is 14.2 Å². The van der Waals surface area contributed by atoms with Crippen molar-refractivity contribution in [1.82, 2.24) is 14.8 Å². The molecule has 0 saturated heterocycles. The molecule has 6 nitrogen and oxygen atoms in total. The van der Waals surface area contributed by atoms with Gasteiger partial charge in [-0.15, -0.1) is 0 Å². The standard InChI is InChI=1S/C13H15N3O3/c1-9-10-6-4-5-7-11(10)13(18)16(14-9)8-12(17)15(2)19-3/h4-7H,8H2,1-3H3. The van der Waals surface area contributed by atoms with E-state index < -0.39 is 0 Å². The van der Waals surface area contributed by atoms with E-state index in [2.05, 4.69) is 5.10 Å². The summed E-state index contributed by atoms with van der Waals surface area (Å²) in [6.45, 7) is 1.66. The van der Waals surface area contributed by atoms with Crippen LogP contribution in [0.15, 0.2) is 29.1 Å². The molecule has 0 aliphatic rings. The fourth-order valence-corrected chi connectivity index (χ4v) is 1.84. The van der Waals surface area contributed by atoms with E-state index in [1.807, 2.05) is 19.1 Å². The van der Waals surface area contributed by atoms with Gasteiger partial charge in [0.05, 0.1) is 18.2 Å². The number of nitrogens with zero attached hydrogens (tertiary/aromatic N) is 3. The molecule has 0 unspecified atom stereocenters. The molecule has 0 aliphatic carbocycles. The van der Waals surface area contributed by atoms with Crippen LogP contribution >= 0.6 is 0 Å². The molecule has 0 radical (unpaired) electrons. The molecule has 0 bridgehead atoms. The van der Waals surface area contributed by atoms with Crippen molar-refractivity contribution in [1.29, 1.82) is 0 Å². The van der Waals surface area contributed by atoms with Gasteiger partial charge in [-0.25, -0.2) is 9.75 Å². The van der Waals surface area contributed by atoms with E-state index in [9.17, 15) is 9.59 Å². The molecule has 0 N–H and O–H groups in total. The summed E-state index contributed by atoms with van der Waals surface area (Å²) in [6, 6.07) is 7.21. The minimum atomic E-state index is -0.341. The highest BCUT2D eigenvalue weighted by Gasteiger charge is 2.13. The number of likely N-dealkylation sites (N-methyl/N-ethyl adjacent to an activating group) is 1. The first kappa shape index (κ1) is 13.2. The number of hydroxylamine groups is 2. The van der Waals surface area contributed by atoms with Crippen molar-refractivity contribution >= 4 is 16.7 Å².